The predicted molar refractivity (Wildman–Crippen MR) is 62.3 cm³/mol. The Kier molecular flexibility index (Phi) is 4.17. The van der Waals surface area contributed by atoms with Crippen molar-refractivity contribution in [3.05, 3.63) is 29.3 Å². The molecule has 0 spiro atoms. The monoisotopic (exact) mass is 225 g/mol. The number of rotatable bonds is 4. The molecule has 0 bridgehead atoms. The van der Waals surface area contributed by atoms with Crippen molar-refractivity contribution in [1.82, 2.24) is 0 Å². The van der Waals surface area contributed by atoms with Crippen molar-refractivity contribution in [3.63, 3.8) is 0 Å². The number of benzene rings is 1. The van der Waals surface area contributed by atoms with Gasteiger partial charge in [-0.1, -0.05) is 6.07 Å². The Hall–Kier alpha value is -1.00. The second kappa shape index (κ2) is 5.19. The van der Waals surface area contributed by atoms with E-state index >= 15 is 0 Å². The summed E-state index contributed by atoms with van der Waals surface area (Å²) in [5, 5.41) is 8.62. The number of carbonyl (C=O) groups is 1. The summed E-state index contributed by atoms with van der Waals surface area (Å²) in [6.07, 6.45) is 0. The Morgan fingerprint density at radius 1 is 1.47 bits per heavy atom. The van der Waals surface area contributed by atoms with Gasteiger partial charge in [-0.05, 0) is 37.1 Å². The van der Waals surface area contributed by atoms with E-state index in [9.17, 15) is 4.79 Å². The number of hydrogen-bond donors (Lipinski definition) is 2. The van der Waals surface area contributed by atoms with Crippen LogP contribution in [0.3, 0.4) is 0 Å². The quantitative estimate of drug-likeness (QED) is 0.767. The molecule has 1 atom stereocenters. The second-order valence-electron chi connectivity index (χ2n) is 3.50. The van der Waals surface area contributed by atoms with Crippen LogP contribution in [-0.4, -0.2) is 22.9 Å². The molecule has 0 radical (unpaired) electrons. The molecule has 3 N–H and O–H groups in total. The average molecular weight is 225 g/mol. The van der Waals surface area contributed by atoms with Gasteiger partial charge in [-0.25, -0.2) is 0 Å². The van der Waals surface area contributed by atoms with Crippen LogP contribution in [0.4, 0.5) is 0 Å². The van der Waals surface area contributed by atoms with E-state index in [0.717, 1.165) is 4.90 Å². The summed E-state index contributed by atoms with van der Waals surface area (Å²) in [5.74, 6) is -0.552. The summed E-state index contributed by atoms with van der Waals surface area (Å²) in [6, 6.07) is 5.27. The van der Waals surface area contributed by atoms with E-state index in [-0.39, 0.29) is 0 Å². The van der Waals surface area contributed by atoms with E-state index in [1.807, 2.05) is 26.0 Å². The smallest absolute Gasteiger partial charge is 0.321 e. The summed E-state index contributed by atoms with van der Waals surface area (Å²) in [6.45, 7) is 4.09. The molecule has 0 aliphatic heterocycles. The van der Waals surface area contributed by atoms with Crippen molar-refractivity contribution < 1.29 is 9.90 Å². The minimum absolute atomic E-state index is 0.401. The number of aryl methyl sites for hydroxylation is 2. The van der Waals surface area contributed by atoms with Crippen molar-refractivity contribution in [3.8, 4) is 0 Å². The maximum Gasteiger partial charge on any atom is 0.321 e. The number of thioether (sulfide) groups is 1. The number of aliphatic carboxylic acids is 1. The Morgan fingerprint density at radius 2 is 2.13 bits per heavy atom. The van der Waals surface area contributed by atoms with Gasteiger partial charge < -0.3 is 10.8 Å². The van der Waals surface area contributed by atoms with Gasteiger partial charge >= 0.3 is 5.97 Å². The lowest BCUT2D eigenvalue weighted by molar-refractivity contribution is -0.137. The first kappa shape index (κ1) is 12.1. The fraction of sp³-hybridized carbons (Fsp3) is 0.364. The van der Waals surface area contributed by atoms with E-state index in [0.29, 0.717) is 5.75 Å². The first-order chi connectivity index (χ1) is 7.00. The molecule has 0 fully saturated rings. The molecule has 0 saturated carbocycles. The Bertz CT molecular complexity index is 366. The summed E-state index contributed by atoms with van der Waals surface area (Å²) in [4.78, 5) is 11.6. The predicted octanol–water partition coefficient (Wildman–Crippen LogP) is 1.81. The Balaban J connectivity index is 2.58. The van der Waals surface area contributed by atoms with Crippen molar-refractivity contribution in [2.45, 2.75) is 24.8 Å². The average Bonchev–Trinajstić information content (AvgIpc) is 2.19. The summed E-state index contributed by atoms with van der Waals surface area (Å²) in [5.41, 5.74) is 7.86. The van der Waals surface area contributed by atoms with E-state index in [1.165, 1.54) is 22.9 Å². The van der Waals surface area contributed by atoms with Gasteiger partial charge in [0.15, 0.2) is 0 Å². The van der Waals surface area contributed by atoms with Crippen LogP contribution in [0.25, 0.3) is 0 Å². The van der Waals surface area contributed by atoms with E-state index in [1.54, 1.807) is 0 Å². The van der Waals surface area contributed by atoms with Gasteiger partial charge in [0, 0.05) is 10.6 Å². The molecular formula is C11H15NO2S. The van der Waals surface area contributed by atoms with Crippen LogP contribution >= 0.6 is 11.8 Å². The van der Waals surface area contributed by atoms with Gasteiger partial charge in [0.2, 0.25) is 0 Å². The molecule has 15 heavy (non-hydrogen) atoms. The standard InChI is InChI=1S/C11H15NO2S/c1-7-3-4-9(5-8(7)2)15-6-10(12)11(13)14/h3-5,10H,6,12H2,1-2H3,(H,13,14)/t10-/m0/s1. The van der Waals surface area contributed by atoms with Crippen molar-refractivity contribution in [1.29, 1.82) is 0 Å². The van der Waals surface area contributed by atoms with Crippen LogP contribution in [0.15, 0.2) is 23.1 Å². The molecule has 0 amide bonds. The maximum atomic E-state index is 10.5. The highest BCUT2D eigenvalue weighted by atomic mass is 32.2. The van der Waals surface area contributed by atoms with Crippen molar-refractivity contribution >= 4 is 17.7 Å². The van der Waals surface area contributed by atoms with Gasteiger partial charge in [0.25, 0.3) is 0 Å². The molecule has 0 aromatic heterocycles. The van der Waals surface area contributed by atoms with Crippen LogP contribution < -0.4 is 5.73 Å². The maximum absolute atomic E-state index is 10.5. The summed E-state index contributed by atoms with van der Waals surface area (Å²) < 4.78 is 0. The van der Waals surface area contributed by atoms with Crippen LogP contribution in [0.2, 0.25) is 0 Å². The molecule has 1 rings (SSSR count). The van der Waals surface area contributed by atoms with E-state index in [4.69, 9.17) is 10.8 Å². The third-order valence-corrected chi connectivity index (χ3v) is 3.34. The van der Waals surface area contributed by atoms with E-state index < -0.39 is 12.0 Å². The number of carboxylic acids is 1. The molecule has 0 saturated heterocycles. The topological polar surface area (TPSA) is 63.3 Å². The van der Waals surface area contributed by atoms with Gasteiger partial charge in [0.1, 0.15) is 6.04 Å². The van der Waals surface area contributed by atoms with Gasteiger partial charge in [-0.2, -0.15) is 0 Å². The van der Waals surface area contributed by atoms with Gasteiger partial charge in [-0.3, -0.25) is 4.79 Å². The largest absolute Gasteiger partial charge is 0.480 e. The Labute approximate surface area is 93.7 Å². The molecule has 0 aliphatic rings. The van der Waals surface area contributed by atoms with Crippen LogP contribution in [0, 0.1) is 13.8 Å². The zero-order valence-electron chi connectivity index (χ0n) is 8.86. The minimum atomic E-state index is -0.952. The fourth-order valence-electron chi connectivity index (χ4n) is 1.06. The molecule has 1 aromatic rings. The molecule has 3 nitrogen and oxygen atoms in total. The lowest BCUT2D eigenvalue weighted by atomic mass is 10.1. The van der Waals surface area contributed by atoms with Gasteiger partial charge in [-0.15, -0.1) is 11.8 Å². The summed E-state index contributed by atoms with van der Waals surface area (Å²) in [7, 11) is 0. The van der Waals surface area contributed by atoms with Crippen molar-refractivity contribution in [2.24, 2.45) is 5.73 Å². The first-order valence-corrected chi connectivity index (χ1v) is 5.67. The molecule has 0 heterocycles. The Morgan fingerprint density at radius 3 is 2.67 bits per heavy atom. The first-order valence-electron chi connectivity index (χ1n) is 4.69. The zero-order valence-corrected chi connectivity index (χ0v) is 9.67. The second-order valence-corrected chi connectivity index (χ2v) is 4.60. The van der Waals surface area contributed by atoms with Crippen molar-refractivity contribution in [2.75, 3.05) is 5.75 Å². The van der Waals surface area contributed by atoms with E-state index in [2.05, 4.69) is 6.07 Å². The third kappa shape index (κ3) is 3.57. The molecule has 1 aromatic carbocycles. The molecular weight excluding hydrogens is 210 g/mol. The number of hydrogen-bond acceptors (Lipinski definition) is 3. The highest BCUT2D eigenvalue weighted by Crippen LogP contribution is 2.21. The number of nitrogens with two attached hydrogens (primary N) is 1. The molecule has 4 heteroatoms. The highest BCUT2D eigenvalue weighted by molar-refractivity contribution is 7.99. The van der Waals surface area contributed by atoms with Gasteiger partial charge in [0.05, 0.1) is 0 Å². The molecule has 0 unspecified atom stereocenters. The summed E-state index contributed by atoms with van der Waals surface area (Å²) >= 11 is 1.47. The zero-order chi connectivity index (χ0) is 11.4. The lowest BCUT2D eigenvalue weighted by Gasteiger charge is -2.07. The SMILES string of the molecule is Cc1ccc(SC[C@H](N)C(=O)O)cc1C. The minimum Gasteiger partial charge on any atom is -0.480 e. The molecule has 82 valence electrons. The highest BCUT2D eigenvalue weighted by Gasteiger charge is 2.11. The normalized spacial score (nSPS) is 12.5. The third-order valence-electron chi connectivity index (χ3n) is 2.23. The lowest BCUT2D eigenvalue weighted by Crippen LogP contribution is -2.32. The van der Waals surface area contributed by atoms with Crippen LogP contribution in [-0.2, 0) is 4.79 Å². The fourth-order valence-corrected chi connectivity index (χ4v) is 2.00. The number of carboxylic acid groups (broad SMARTS) is 1. The van der Waals surface area contributed by atoms with Crippen LogP contribution in [0.5, 0.6) is 0 Å². The molecule has 0 aliphatic carbocycles. The van der Waals surface area contributed by atoms with Crippen LogP contribution in [0.1, 0.15) is 11.1 Å².